The molecule has 0 saturated carbocycles. The van der Waals surface area contributed by atoms with Gasteiger partial charge in [-0.15, -0.1) is 0 Å². The van der Waals surface area contributed by atoms with Gasteiger partial charge >= 0.3 is 12.1 Å². The highest BCUT2D eigenvalue weighted by atomic mass is 35.5. The quantitative estimate of drug-likeness (QED) is 0.608. The van der Waals surface area contributed by atoms with E-state index in [1.807, 2.05) is 0 Å². The molecule has 0 bridgehead atoms. The molecular weight excluding hydrogens is 373 g/mol. The van der Waals surface area contributed by atoms with Crippen molar-refractivity contribution < 1.29 is 27.2 Å². The second-order valence-corrected chi connectivity index (χ2v) is 5.57. The largest absolute Gasteiger partial charge is 0.452 e. The Balaban J connectivity index is 1.70. The van der Waals surface area contributed by atoms with Gasteiger partial charge in [0.25, 0.3) is 5.89 Å². The Hall–Kier alpha value is -2.87. The summed E-state index contributed by atoms with van der Waals surface area (Å²) in [5.74, 6) is -0.944. The minimum absolute atomic E-state index is 0.0483. The van der Waals surface area contributed by atoms with Crippen LogP contribution < -0.4 is 0 Å². The highest BCUT2D eigenvalue weighted by Crippen LogP contribution is 2.32. The van der Waals surface area contributed by atoms with Gasteiger partial charge in [-0.25, -0.2) is 4.79 Å². The van der Waals surface area contributed by atoms with Crippen molar-refractivity contribution in [3.05, 3.63) is 70.6 Å². The molecule has 0 aliphatic heterocycles. The Labute approximate surface area is 150 Å². The maximum atomic E-state index is 12.9. The number of carbonyl (C=O) groups is 1. The molecule has 0 unspecified atom stereocenters. The fourth-order valence-corrected chi connectivity index (χ4v) is 2.27. The summed E-state index contributed by atoms with van der Waals surface area (Å²) in [5.41, 5.74) is -1.03. The number of ether oxygens (including phenoxy) is 1. The molecule has 0 aliphatic carbocycles. The highest BCUT2D eigenvalue weighted by molar-refractivity contribution is 6.30. The van der Waals surface area contributed by atoms with E-state index in [0.717, 1.165) is 12.1 Å². The first-order chi connectivity index (χ1) is 12.3. The number of benzene rings is 2. The van der Waals surface area contributed by atoms with E-state index in [9.17, 15) is 18.0 Å². The molecule has 3 rings (SSSR count). The predicted octanol–water partition coefficient (Wildman–Crippen LogP) is 4.77. The molecular formula is C17H10ClF3N2O3. The lowest BCUT2D eigenvalue weighted by Crippen LogP contribution is -2.15. The molecule has 3 aromatic rings. The van der Waals surface area contributed by atoms with Crippen LogP contribution in [0.2, 0.25) is 5.02 Å². The number of alkyl halides is 3. The van der Waals surface area contributed by atoms with E-state index in [-0.39, 0.29) is 11.7 Å². The van der Waals surface area contributed by atoms with E-state index in [1.165, 1.54) is 12.1 Å². The highest BCUT2D eigenvalue weighted by Gasteiger charge is 2.35. The zero-order valence-electron chi connectivity index (χ0n) is 13.0. The van der Waals surface area contributed by atoms with Gasteiger partial charge in [0.1, 0.15) is 0 Å². The lowest BCUT2D eigenvalue weighted by Gasteiger charge is -2.11. The van der Waals surface area contributed by atoms with Gasteiger partial charge in [0.2, 0.25) is 5.82 Å². The van der Waals surface area contributed by atoms with E-state index in [0.29, 0.717) is 10.6 Å². The molecule has 0 aliphatic rings. The van der Waals surface area contributed by atoms with Crippen LogP contribution >= 0.6 is 11.6 Å². The van der Waals surface area contributed by atoms with Crippen LogP contribution in [0.25, 0.3) is 11.4 Å². The van der Waals surface area contributed by atoms with Gasteiger partial charge in [-0.05, 0) is 36.4 Å². The topological polar surface area (TPSA) is 65.2 Å². The summed E-state index contributed by atoms with van der Waals surface area (Å²) in [7, 11) is 0. The van der Waals surface area contributed by atoms with Crippen molar-refractivity contribution in [2.24, 2.45) is 0 Å². The van der Waals surface area contributed by atoms with E-state index in [2.05, 4.69) is 10.1 Å². The van der Waals surface area contributed by atoms with Gasteiger partial charge in [0, 0.05) is 10.6 Å². The number of rotatable bonds is 4. The molecule has 0 amide bonds. The average molecular weight is 383 g/mol. The van der Waals surface area contributed by atoms with Crippen LogP contribution in [-0.2, 0) is 17.5 Å². The fraction of sp³-hybridized carbons (Fsp3) is 0.118. The lowest BCUT2D eigenvalue weighted by atomic mass is 10.1. The van der Waals surface area contributed by atoms with Gasteiger partial charge < -0.3 is 9.26 Å². The molecule has 0 saturated heterocycles. The van der Waals surface area contributed by atoms with Crippen LogP contribution in [0.15, 0.2) is 53.1 Å². The Bertz CT molecular complexity index is 924. The van der Waals surface area contributed by atoms with Crippen molar-refractivity contribution in [1.29, 1.82) is 0 Å². The molecule has 0 spiro atoms. The van der Waals surface area contributed by atoms with E-state index in [4.69, 9.17) is 20.9 Å². The fourth-order valence-electron chi connectivity index (χ4n) is 2.14. The number of carbonyl (C=O) groups excluding carboxylic acids is 1. The summed E-state index contributed by atoms with van der Waals surface area (Å²) in [5, 5.41) is 4.26. The van der Waals surface area contributed by atoms with Crippen LogP contribution in [0, 0.1) is 0 Å². The summed E-state index contributed by atoms with van der Waals surface area (Å²) in [4.78, 5) is 16.0. The van der Waals surface area contributed by atoms with Gasteiger partial charge in [0.05, 0.1) is 11.1 Å². The molecule has 0 N–H and O–H groups in total. The van der Waals surface area contributed by atoms with Crippen LogP contribution in [0.1, 0.15) is 21.8 Å². The molecule has 9 heteroatoms. The Morgan fingerprint density at radius 2 is 1.81 bits per heavy atom. The zero-order valence-corrected chi connectivity index (χ0v) is 13.7. The van der Waals surface area contributed by atoms with Crippen LogP contribution in [0.3, 0.4) is 0 Å². The van der Waals surface area contributed by atoms with Crippen molar-refractivity contribution in [2.75, 3.05) is 0 Å². The number of hydrogen-bond acceptors (Lipinski definition) is 5. The molecule has 0 atom stereocenters. The monoisotopic (exact) mass is 382 g/mol. The molecule has 5 nitrogen and oxygen atoms in total. The summed E-state index contributed by atoms with van der Waals surface area (Å²) in [6.45, 7) is -0.453. The Morgan fingerprint density at radius 1 is 1.12 bits per heavy atom. The third-order valence-electron chi connectivity index (χ3n) is 3.35. The van der Waals surface area contributed by atoms with E-state index < -0.39 is 29.9 Å². The summed E-state index contributed by atoms with van der Waals surface area (Å²) >= 11 is 5.79. The second kappa shape index (κ2) is 7.17. The third kappa shape index (κ3) is 4.02. The number of nitrogens with zero attached hydrogens (tertiary/aromatic N) is 2. The molecule has 1 heterocycles. The SMILES string of the molecule is O=C(OCc1nc(-c2ccc(Cl)cc2)no1)c1ccccc1C(F)(F)F. The van der Waals surface area contributed by atoms with Gasteiger partial charge in [-0.1, -0.05) is 28.9 Å². The summed E-state index contributed by atoms with van der Waals surface area (Å²) < 4.78 is 48.6. The normalized spacial score (nSPS) is 11.4. The summed E-state index contributed by atoms with van der Waals surface area (Å²) in [6, 6.07) is 11.0. The lowest BCUT2D eigenvalue weighted by molar-refractivity contribution is -0.138. The van der Waals surface area contributed by atoms with Crippen molar-refractivity contribution in [3.8, 4) is 11.4 Å². The van der Waals surface area contributed by atoms with Crippen LogP contribution in [0.4, 0.5) is 13.2 Å². The van der Waals surface area contributed by atoms with Crippen LogP contribution in [-0.4, -0.2) is 16.1 Å². The Kier molecular flexibility index (Phi) is 4.94. The van der Waals surface area contributed by atoms with Gasteiger partial charge in [0.15, 0.2) is 6.61 Å². The second-order valence-electron chi connectivity index (χ2n) is 5.14. The first kappa shape index (κ1) is 17.9. The maximum absolute atomic E-state index is 12.9. The van der Waals surface area contributed by atoms with Crippen molar-refractivity contribution in [1.82, 2.24) is 10.1 Å². The zero-order chi connectivity index (χ0) is 18.7. The van der Waals surface area contributed by atoms with Crippen molar-refractivity contribution >= 4 is 17.6 Å². The standard InChI is InChI=1S/C17H10ClF3N2O3/c18-11-7-5-10(6-8-11)15-22-14(26-23-15)9-25-16(24)12-3-1-2-4-13(12)17(19,20)21/h1-8H,9H2. The number of hydrogen-bond donors (Lipinski definition) is 0. The van der Waals surface area contributed by atoms with E-state index >= 15 is 0 Å². The molecule has 1 aromatic heterocycles. The Morgan fingerprint density at radius 3 is 2.50 bits per heavy atom. The van der Waals surface area contributed by atoms with Crippen molar-refractivity contribution in [3.63, 3.8) is 0 Å². The minimum atomic E-state index is -4.66. The minimum Gasteiger partial charge on any atom is -0.452 e. The predicted molar refractivity (Wildman–Crippen MR) is 85.3 cm³/mol. The van der Waals surface area contributed by atoms with Crippen molar-refractivity contribution in [2.45, 2.75) is 12.8 Å². The van der Waals surface area contributed by atoms with E-state index in [1.54, 1.807) is 24.3 Å². The van der Waals surface area contributed by atoms with Gasteiger partial charge in [-0.3, -0.25) is 0 Å². The number of esters is 1. The molecule has 134 valence electrons. The van der Waals surface area contributed by atoms with Crippen LogP contribution in [0.5, 0.6) is 0 Å². The van der Waals surface area contributed by atoms with Gasteiger partial charge in [-0.2, -0.15) is 18.2 Å². The molecule has 0 radical (unpaired) electrons. The third-order valence-corrected chi connectivity index (χ3v) is 3.60. The smallest absolute Gasteiger partial charge is 0.417 e. The molecule has 26 heavy (non-hydrogen) atoms. The first-order valence-corrected chi connectivity index (χ1v) is 7.64. The first-order valence-electron chi connectivity index (χ1n) is 7.26. The molecule has 0 fully saturated rings. The number of halogens is 4. The summed E-state index contributed by atoms with van der Waals surface area (Å²) in [6.07, 6.45) is -4.66. The maximum Gasteiger partial charge on any atom is 0.417 e. The average Bonchev–Trinajstić information content (AvgIpc) is 3.08. The number of aromatic nitrogens is 2. The molecule has 2 aromatic carbocycles.